The third-order valence-electron chi connectivity index (χ3n) is 6.51. The van der Waals surface area contributed by atoms with Gasteiger partial charge >= 0.3 is 0 Å². The Bertz CT molecular complexity index is 855. The van der Waals surface area contributed by atoms with Crippen molar-refractivity contribution in [3.8, 4) is 11.8 Å². The minimum absolute atomic E-state index is 0.226. The average Bonchev–Trinajstić information content (AvgIpc) is 2.76. The summed E-state index contributed by atoms with van der Waals surface area (Å²) in [5, 5.41) is 10.1. The van der Waals surface area contributed by atoms with Gasteiger partial charge in [-0.05, 0) is 67.7 Å². The summed E-state index contributed by atoms with van der Waals surface area (Å²) in [5.41, 5.74) is 3.74. The highest BCUT2D eigenvalue weighted by Gasteiger charge is 2.48. The molecule has 0 amide bonds. The summed E-state index contributed by atoms with van der Waals surface area (Å²) in [6.45, 7) is 6.62. The lowest BCUT2D eigenvalue weighted by atomic mass is 9.74. The van der Waals surface area contributed by atoms with E-state index in [1.807, 2.05) is 12.4 Å². The minimum atomic E-state index is 0.226. The number of hydrogen-bond acceptors (Lipinski definition) is 4. The molecule has 2 aliphatic heterocycles. The number of aromatic nitrogens is 1. The first-order valence-electron chi connectivity index (χ1n) is 11.4. The summed E-state index contributed by atoms with van der Waals surface area (Å²) in [5.74, 6) is 6.87. The van der Waals surface area contributed by atoms with Crippen LogP contribution in [0.3, 0.4) is 0 Å². The van der Waals surface area contributed by atoms with E-state index in [-0.39, 0.29) is 12.6 Å². The van der Waals surface area contributed by atoms with Gasteiger partial charge in [-0.25, -0.2) is 0 Å². The van der Waals surface area contributed by atoms with Crippen LogP contribution >= 0.6 is 0 Å². The Balaban J connectivity index is 1.50. The molecule has 2 saturated heterocycles. The molecule has 4 nitrogen and oxygen atoms in total. The quantitative estimate of drug-likeness (QED) is 0.774. The molecule has 2 aliphatic rings. The third-order valence-corrected chi connectivity index (χ3v) is 6.51. The summed E-state index contributed by atoms with van der Waals surface area (Å²) >= 11 is 0. The molecule has 1 aromatic heterocycles. The van der Waals surface area contributed by atoms with Crippen molar-refractivity contribution in [1.29, 1.82) is 0 Å². The lowest BCUT2D eigenvalue weighted by Crippen LogP contribution is -2.67. The van der Waals surface area contributed by atoms with Gasteiger partial charge < -0.3 is 5.11 Å². The van der Waals surface area contributed by atoms with Crippen LogP contribution in [0.4, 0.5) is 0 Å². The van der Waals surface area contributed by atoms with Gasteiger partial charge in [0, 0.05) is 55.5 Å². The number of hydrogen-bond donors (Lipinski definition) is 1. The fourth-order valence-electron chi connectivity index (χ4n) is 4.98. The first-order chi connectivity index (χ1) is 14.8. The lowest BCUT2D eigenvalue weighted by molar-refractivity contribution is -0.0655. The molecule has 3 atom stereocenters. The van der Waals surface area contributed by atoms with Crippen molar-refractivity contribution in [3.05, 3.63) is 65.5 Å². The number of nitrogens with zero attached hydrogens (tertiary/aromatic N) is 3. The van der Waals surface area contributed by atoms with Gasteiger partial charge in [0.25, 0.3) is 0 Å². The fraction of sp³-hybridized carbons (Fsp3) is 0.500. The highest BCUT2D eigenvalue weighted by molar-refractivity contribution is 5.39. The molecular weight excluding hydrogens is 370 g/mol. The van der Waals surface area contributed by atoms with Crippen LogP contribution in [0.2, 0.25) is 0 Å². The summed E-state index contributed by atoms with van der Waals surface area (Å²) in [7, 11) is 0. The summed E-state index contributed by atoms with van der Waals surface area (Å²) < 4.78 is 0. The highest BCUT2D eigenvalue weighted by atomic mass is 16.3. The fourth-order valence-corrected chi connectivity index (χ4v) is 4.98. The Labute approximate surface area is 180 Å². The molecule has 3 heterocycles. The van der Waals surface area contributed by atoms with Gasteiger partial charge in [-0.2, -0.15) is 0 Å². The maximum absolute atomic E-state index is 10.1. The molecule has 2 aromatic rings. The van der Waals surface area contributed by atoms with Crippen molar-refractivity contribution in [2.45, 2.75) is 57.2 Å². The van der Waals surface area contributed by atoms with E-state index in [0.29, 0.717) is 12.0 Å². The zero-order valence-corrected chi connectivity index (χ0v) is 18.0. The van der Waals surface area contributed by atoms with Gasteiger partial charge in [0.05, 0.1) is 6.61 Å². The molecule has 0 radical (unpaired) electrons. The van der Waals surface area contributed by atoms with Crippen LogP contribution in [0.25, 0.3) is 0 Å². The predicted octanol–water partition coefficient (Wildman–Crippen LogP) is 3.66. The molecule has 0 aliphatic carbocycles. The van der Waals surface area contributed by atoms with Gasteiger partial charge in [-0.3, -0.25) is 14.8 Å². The maximum atomic E-state index is 10.1. The van der Waals surface area contributed by atoms with E-state index in [1.54, 1.807) is 0 Å². The van der Waals surface area contributed by atoms with Gasteiger partial charge in [0.15, 0.2) is 0 Å². The topological polar surface area (TPSA) is 39.6 Å². The number of rotatable bonds is 5. The number of fused-ring (bicyclic) bond motifs is 1. The van der Waals surface area contributed by atoms with Crippen LogP contribution in [0.5, 0.6) is 0 Å². The van der Waals surface area contributed by atoms with Gasteiger partial charge in [0.1, 0.15) is 0 Å². The Morgan fingerprint density at radius 2 is 1.83 bits per heavy atom. The Hall–Kier alpha value is -2.19. The first-order valence-corrected chi connectivity index (χ1v) is 11.4. The standard InChI is InChI=1S/C26H33N3O/c1-2-3-4-7-21-8-10-23(11-9-21)26-24-19-28(18-22-12-14-27-15-13-22)16-5-6-17-29(24)25(26)20-30/h8-15,24-26,30H,2-3,5-6,16-20H2,1H3/t24-,25+,26-/m1/s1. The average molecular weight is 404 g/mol. The number of pyridine rings is 1. The second kappa shape index (κ2) is 10.2. The smallest absolute Gasteiger partial charge is 0.0593 e. The maximum Gasteiger partial charge on any atom is 0.0593 e. The van der Waals surface area contributed by atoms with Gasteiger partial charge in [-0.1, -0.05) is 30.9 Å². The van der Waals surface area contributed by atoms with Crippen LogP contribution in [-0.4, -0.2) is 58.2 Å². The van der Waals surface area contributed by atoms with Crippen LogP contribution < -0.4 is 0 Å². The van der Waals surface area contributed by atoms with E-state index in [2.05, 4.69) is 69.9 Å². The van der Waals surface area contributed by atoms with Crippen molar-refractivity contribution in [2.75, 3.05) is 26.2 Å². The van der Waals surface area contributed by atoms with E-state index in [4.69, 9.17) is 0 Å². The van der Waals surface area contributed by atoms with E-state index >= 15 is 0 Å². The molecule has 4 rings (SSSR count). The summed E-state index contributed by atoms with van der Waals surface area (Å²) in [6, 6.07) is 13.7. The van der Waals surface area contributed by atoms with E-state index in [0.717, 1.165) is 44.6 Å². The molecule has 30 heavy (non-hydrogen) atoms. The summed E-state index contributed by atoms with van der Waals surface area (Å²) in [6.07, 6.45) is 8.20. The highest BCUT2D eigenvalue weighted by Crippen LogP contribution is 2.42. The van der Waals surface area contributed by atoms with Gasteiger partial charge in [-0.15, -0.1) is 0 Å². The van der Waals surface area contributed by atoms with Crippen LogP contribution in [0, 0.1) is 11.8 Å². The molecule has 0 unspecified atom stereocenters. The second-order valence-corrected chi connectivity index (χ2v) is 8.55. The zero-order chi connectivity index (χ0) is 20.8. The SMILES string of the molecule is CCCC#Cc1ccc([C@@H]2[C@H]3CN(Cc4ccncc4)CCCCN3[C@H]2CO)cc1. The predicted molar refractivity (Wildman–Crippen MR) is 121 cm³/mol. The molecule has 2 fully saturated rings. The molecule has 0 saturated carbocycles. The van der Waals surface area contributed by atoms with E-state index in [9.17, 15) is 5.11 Å². The molecule has 4 heteroatoms. The Kier molecular flexibility index (Phi) is 7.17. The zero-order valence-electron chi connectivity index (χ0n) is 18.0. The first kappa shape index (κ1) is 21.1. The molecule has 0 bridgehead atoms. The second-order valence-electron chi connectivity index (χ2n) is 8.55. The molecular formula is C26H33N3O. The number of aliphatic hydroxyl groups excluding tert-OH is 1. The van der Waals surface area contributed by atoms with Gasteiger partial charge in [0.2, 0.25) is 0 Å². The largest absolute Gasteiger partial charge is 0.395 e. The third kappa shape index (κ3) is 4.75. The van der Waals surface area contributed by atoms with Crippen molar-refractivity contribution < 1.29 is 5.11 Å². The molecule has 0 spiro atoms. The Morgan fingerprint density at radius 1 is 1.07 bits per heavy atom. The van der Waals surface area contributed by atoms with Crippen LogP contribution in [-0.2, 0) is 6.54 Å². The summed E-state index contributed by atoms with van der Waals surface area (Å²) in [4.78, 5) is 9.27. The van der Waals surface area contributed by atoms with E-state index in [1.165, 1.54) is 24.0 Å². The van der Waals surface area contributed by atoms with Crippen molar-refractivity contribution in [2.24, 2.45) is 0 Å². The van der Waals surface area contributed by atoms with E-state index < -0.39 is 0 Å². The van der Waals surface area contributed by atoms with Crippen molar-refractivity contribution >= 4 is 0 Å². The number of aliphatic hydroxyl groups is 1. The molecule has 1 N–H and O–H groups in total. The van der Waals surface area contributed by atoms with Crippen LogP contribution in [0.15, 0.2) is 48.8 Å². The monoisotopic (exact) mass is 403 g/mol. The lowest BCUT2D eigenvalue weighted by Gasteiger charge is -2.57. The van der Waals surface area contributed by atoms with Crippen molar-refractivity contribution in [3.63, 3.8) is 0 Å². The van der Waals surface area contributed by atoms with Crippen molar-refractivity contribution in [1.82, 2.24) is 14.8 Å². The molecule has 158 valence electrons. The minimum Gasteiger partial charge on any atom is -0.395 e. The molecule has 1 aromatic carbocycles. The number of unbranched alkanes of at least 4 members (excludes halogenated alkanes) is 1. The normalized spacial score (nSPS) is 24.7. The Morgan fingerprint density at radius 3 is 2.57 bits per heavy atom. The van der Waals surface area contributed by atoms with Crippen LogP contribution in [0.1, 0.15) is 55.2 Å². The number of benzene rings is 1.